The first kappa shape index (κ1) is 15.6. The van der Waals surface area contributed by atoms with Crippen LogP contribution < -0.4 is 5.32 Å². The number of benzene rings is 2. The predicted octanol–water partition coefficient (Wildman–Crippen LogP) is 4.81. The van der Waals surface area contributed by atoms with Crippen molar-refractivity contribution in [3.63, 3.8) is 0 Å². The molecular weight excluding hydrogens is 339 g/mol. The molecule has 0 spiro atoms. The van der Waals surface area contributed by atoms with E-state index in [9.17, 15) is 14.9 Å². The van der Waals surface area contributed by atoms with Gasteiger partial charge in [0, 0.05) is 27.4 Å². The van der Waals surface area contributed by atoms with Crippen LogP contribution in [0.3, 0.4) is 0 Å². The molecule has 0 unspecified atom stereocenters. The Hall–Kier alpha value is -1.82. The quantitative estimate of drug-likeness (QED) is 0.641. The predicted molar refractivity (Wildman–Crippen MR) is 82.5 cm³/mol. The molecule has 0 aliphatic carbocycles. The molecule has 2 rings (SSSR count). The third kappa shape index (κ3) is 3.85. The number of rotatable bonds is 3. The van der Waals surface area contributed by atoms with Crippen molar-refractivity contribution in [2.75, 3.05) is 5.32 Å². The molecule has 0 bridgehead atoms. The number of halogens is 3. The first-order chi connectivity index (χ1) is 9.86. The Bertz CT molecular complexity index is 714. The van der Waals surface area contributed by atoms with E-state index in [2.05, 4.69) is 5.32 Å². The van der Waals surface area contributed by atoms with Crippen LogP contribution in [0.2, 0.25) is 15.1 Å². The molecule has 1 amide bonds. The van der Waals surface area contributed by atoms with E-state index in [0.717, 1.165) is 0 Å². The van der Waals surface area contributed by atoms with Gasteiger partial charge in [0.05, 0.1) is 4.92 Å². The third-order valence-corrected chi connectivity index (χ3v) is 3.27. The lowest BCUT2D eigenvalue weighted by Gasteiger charge is -2.07. The van der Waals surface area contributed by atoms with Crippen molar-refractivity contribution in [3.8, 4) is 0 Å². The molecule has 0 saturated heterocycles. The summed E-state index contributed by atoms with van der Waals surface area (Å²) in [6.45, 7) is 0. The third-order valence-electron chi connectivity index (χ3n) is 2.53. The lowest BCUT2D eigenvalue weighted by atomic mass is 10.2. The molecule has 21 heavy (non-hydrogen) atoms. The first-order valence-corrected chi connectivity index (χ1v) is 6.71. The van der Waals surface area contributed by atoms with E-state index < -0.39 is 10.8 Å². The van der Waals surface area contributed by atoms with E-state index in [0.29, 0.717) is 15.7 Å². The Balaban J connectivity index is 2.24. The van der Waals surface area contributed by atoms with E-state index in [1.165, 1.54) is 36.4 Å². The molecule has 0 heterocycles. The fourth-order valence-electron chi connectivity index (χ4n) is 1.63. The van der Waals surface area contributed by atoms with Crippen LogP contribution in [0.5, 0.6) is 0 Å². The van der Waals surface area contributed by atoms with E-state index >= 15 is 0 Å². The molecule has 0 aromatic heterocycles. The zero-order valence-electron chi connectivity index (χ0n) is 10.3. The summed E-state index contributed by atoms with van der Waals surface area (Å²) in [6, 6.07) is 8.28. The Kier molecular flexibility index (Phi) is 4.67. The van der Waals surface area contributed by atoms with Crippen LogP contribution in [-0.2, 0) is 0 Å². The van der Waals surface area contributed by atoms with Crippen LogP contribution in [0, 0.1) is 10.1 Å². The zero-order valence-corrected chi connectivity index (χ0v) is 12.5. The lowest BCUT2D eigenvalue weighted by Crippen LogP contribution is -2.12. The number of carbonyl (C=O) groups excluding carboxylic acids is 1. The highest BCUT2D eigenvalue weighted by Gasteiger charge is 2.15. The lowest BCUT2D eigenvalue weighted by molar-refractivity contribution is -0.384. The molecule has 0 saturated carbocycles. The summed E-state index contributed by atoms with van der Waals surface area (Å²) in [7, 11) is 0. The maximum atomic E-state index is 12.0. The Morgan fingerprint density at radius 3 is 2.19 bits per heavy atom. The van der Waals surface area contributed by atoms with Crippen molar-refractivity contribution < 1.29 is 9.72 Å². The van der Waals surface area contributed by atoms with Crippen molar-refractivity contribution in [3.05, 3.63) is 67.1 Å². The van der Waals surface area contributed by atoms with Crippen molar-refractivity contribution in [1.29, 1.82) is 0 Å². The minimum Gasteiger partial charge on any atom is -0.322 e. The van der Waals surface area contributed by atoms with Crippen LogP contribution >= 0.6 is 34.8 Å². The normalized spacial score (nSPS) is 10.2. The molecule has 2 aromatic rings. The molecule has 0 aliphatic rings. The summed E-state index contributed by atoms with van der Waals surface area (Å²) in [6.07, 6.45) is 0. The minimum absolute atomic E-state index is 0.114. The number of hydrogen-bond donors (Lipinski definition) is 1. The van der Waals surface area contributed by atoms with E-state index in [1.54, 1.807) is 0 Å². The van der Waals surface area contributed by atoms with Gasteiger partial charge in [0.25, 0.3) is 11.6 Å². The molecule has 0 fully saturated rings. The first-order valence-electron chi connectivity index (χ1n) is 5.58. The SMILES string of the molecule is O=C(Nc1cc(Cl)cc(Cl)c1)c1ccc([N+](=O)[O-])c(Cl)c1. The van der Waals surface area contributed by atoms with Gasteiger partial charge in [-0.15, -0.1) is 0 Å². The molecule has 1 N–H and O–H groups in total. The van der Waals surface area contributed by atoms with Gasteiger partial charge in [-0.3, -0.25) is 14.9 Å². The number of nitro groups is 1. The highest BCUT2D eigenvalue weighted by Crippen LogP contribution is 2.26. The van der Waals surface area contributed by atoms with Gasteiger partial charge in [0.2, 0.25) is 0 Å². The van der Waals surface area contributed by atoms with Gasteiger partial charge in [-0.2, -0.15) is 0 Å². The molecule has 8 heteroatoms. The molecule has 2 aromatic carbocycles. The van der Waals surface area contributed by atoms with E-state index in [-0.39, 0.29) is 16.3 Å². The van der Waals surface area contributed by atoms with Gasteiger partial charge in [0.15, 0.2) is 0 Å². The van der Waals surface area contributed by atoms with E-state index in [1.807, 2.05) is 0 Å². The van der Waals surface area contributed by atoms with Crippen LogP contribution in [0.25, 0.3) is 0 Å². The highest BCUT2D eigenvalue weighted by molar-refractivity contribution is 6.35. The summed E-state index contributed by atoms with van der Waals surface area (Å²) in [4.78, 5) is 22.1. The fraction of sp³-hybridized carbons (Fsp3) is 0. The number of nitro benzene ring substituents is 1. The largest absolute Gasteiger partial charge is 0.322 e. The molecule has 108 valence electrons. The second kappa shape index (κ2) is 6.30. The second-order valence-corrected chi connectivity index (χ2v) is 5.32. The molecular formula is C13H7Cl3N2O3. The van der Waals surface area contributed by atoms with Crippen molar-refractivity contribution in [2.24, 2.45) is 0 Å². The average Bonchev–Trinajstić information content (AvgIpc) is 2.36. The molecule has 0 atom stereocenters. The van der Waals surface area contributed by atoms with Crippen LogP contribution in [-0.4, -0.2) is 10.8 Å². The standard InChI is InChI=1S/C13H7Cl3N2O3/c14-8-4-9(15)6-10(5-8)17-13(19)7-1-2-12(18(20)21)11(16)3-7/h1-6H,(H,17,19). The van der Waals surface area contributed by atoms with Crippen LogP contribution in [0.15, 0.2) is 36.4 Å². The molecule has 0 radical (unpaired) electrons. The monoisotopic (exact) mass is 344 g/mol. The van der Waals surface area contributed by atoms with Crippen molar-refractivity contribution >= 4 is 52.1 Å². The van der Waals surface area contributed by atoms with Gasteiger partial charge < -0.3 is 5.32 Å². The molecule has 5 nitrogen and oxygen atoms in total. The Morgan fingerprint density at radius 1 is 1.05 bits per heavy atom. The summed E-state index contributed by atoms with van der Waals surface area (Å²) < 4.78 is 0. The average molecular weight is 346 g/mol. The van der Waals surface area contributed by atoms with Crippen molar-refractivity contribution in [1.82, 2.24) is 0 Å². The van der Waals surface area contributed by atoms with Crippen LogP contribution in [0.1, 0.15) is 10.4 Å². The maximum Gasteiger partial charge on any atom is 0.287 e. The number of hydrogen-bond acceptors (Lipinski definition) is 3. The molecule has 0 aliphatic heterocycles. The summed E-state index contributed by atoms with van der Waals surface area (Å²) >= 11 is 17.4. The number of anilines is 1. The van der Waals surface area contributed by atoms with Crippen LogP contribution in [0.4, 0.5) is 11.4 Å². The summed E-state index contributed by atoms with van der Waals surface area (Å²) in [5.41, 5.74) is 0.327. The zero-order chi connectivity index (χ0) is 15.6. The number of nitrogens with one attached hydrogen (secondary N) is 1. The van der Waals surface area contributed by atoms with Gasteiger partial charge in [-0.1, -0.05) is 34.8 Å². The Morgan fingerprint density at radius 2 is 1.67 bits per heavy atom. The number of carbonyl (C=O) groups is 1. The van der Waals surface area contributed by atoms with Gasteiger partial charge in [0.1, 0.15) is 5.02 Å². The smallest absolute Gasteiger partial charge is 0.287 e. The number of amides is 1. The van der Waals surface area contributed by atoms with Gasteiger partial charge in [-0.25, -0.2) is 0 Å². The van der Waals surface area contributed by atoms with Gasteiger partial charge >= 0.3 is 0 Å². The fourth-order valence-corrected chi connectivity index (χ4v) is 2.40. The Labute approximate surface area is 134 Å². The minimum atomic E-state index is -0.624. The van der Waals surface area contributed by atoms with Gasteiger partial charge in [-0.05, 0) is 30.3 Å². The van der Waals surface area contributed by atoms with E-state index in [4.69, 9.17) is 34.8 Å². The maximum absolute atomic E-state index is 12.0. The van der Waals surface area contributed by atoms with Crippen molar-refractivity contribution in [2.45, 2.75) is 0 Å². The topological polar surface area (TPSA) is 72.2 Å². The highest BCUT2D eigenvalue weighted by atomic mass is 35.5. The number of nitrogens with zero attached hydrogens (tertiary/aromatic N) is 1. The summed E-state index contributed by atoms with van der Waals surface area (Å²) in [5.74, 6) is -0.481. The summed E-state index contributed by atoms with van der Waals surface area (Å²) in [5, 5.41) is 13.9. The second-order valence-electron chi connectivity index (χ2n) is 4.04.